The number of esters is 1. The van der Waals surface area contributed by atoms with E-state index in [0.29, 0.717) is 13.0 Å². The number of piperidine rings is 1. The average Bonchev–Trinajstić information content (AvgIpc) is 2.16. The lowest BCUT2D eigenvalue weighted by atomic mass is 9.92. The molecule has 1 aliphatic heterocycles. The van der Waals surface area contributed by atoms with Crippen molar-refractivity contribution in [2.75, 3.05) is 20.2 Å². The van der Waals surface area contributed by atoms with Crippen molar-refractivity contribution in [3.05, 3.63) is 6.42 Å². The normalized spacial score (nSPS) is 21.1. The third-order valence-corrected chi connectivity index (χ3v) is 2.36. The Morgan fingerprint density at radius 2 is 2.13 bits per heavy atom. The minimum atomic E-state index is -0.863. The van der Waals surface area contributed by atoms with E-state index in [0.717, 1.165) is 6.54 Å². The number of methoxy groups -OCH3 is 1. The summed E-state index contributed by atoms with van der Waals surface area (Å²) in [7, 11) is 1.55. The highest BCUT2D eigenvalue weighted by atomic mass is 16.6. The second-order valence-corrected chi connectivity index (χ2v) is 4.75. The van der Waals surface area contributed by atoms with E-state index in [-0.39, 0.29) is 5.97 Å². The van der Waals surface area contributed by atoms with E-state index in [2.05, 4.69) is 5.32 Å². The highest BCUT2D eigenvalue weighted by Crippen LogP contribution is 2.25. The van der Waals surface area contributed by atoms with Gasteiger partial charge >= 0.3 is 5.97 Å². The summed E-state index contributed by atoms with van der Waals surface area (Å²) in [5.41, 5.74) is -1.33. The summed E-state index contributed by atoms with van der Waals surface area (Å²) < 4.78 is 10.7. The first-order valence-corrected chi connectivity index (χ1v) is 5.23. The number of nitrogens with one attached hydrogen (secondary N) is 1. The maximum Gasteiger partial charge on any atom is 0.339 e. The van der Waals surface area contributed by atoms with Crippen molar-refractivity contribution in [1.29, 1.82) is 0 Å². The molecular weight excluding hydrogens is 194 g/mol. The van der Waals surface area contributed by atoms with Crippen LogP contribution in [0.1, 0.15) is 27.2 Å². The smallest absolute Gasteiger partial charge is 0.339 e. The zero-order chi connectivity index (χ0) is 11.5. The van der Waals surface area contributed by atoms with E-state index < -0.39 is 11.2 Å². The van der Waals surface area contributed by atoms with Gasteiger partial charge in [0.25, 0.3) is 0 Å². The Morgan fingerprint density at radius 3 is 2.53 bits per heavy atom. The molecule has 0 aliphatic carbocycles. The lowest BCUT2D eigenvalue weighted by Gasteiger charge is -2.35. The van der Waals surface area contributed by atoms with Crippen LogP contribution in [0.15, 0.2) is 0 Å². The minimum absolute atomic E-state index is 0.293. The fraction of sp³-hybridized carbons (Fsp3) is 0.818. The molecule has 4 nitrogen and oxygen atoms in total. The Hall–Kier alpha value is -0.610. The predicted molar refractivity (Wildman–Crippen MR) is 57.4 cm³/mol. The van der Waals surface area contributed by atoms with Gasteiger partial charge < -0.3 is 14.8 Å². The van der Waals surface area contributed by atoms with Crippen molar-refractivity contribution in [1.82, 2.24) is 5.32 Å². The van der Waals surface area contributed by atoms with Crippen molar-refractivity contribution in [2.45, 2.75) is 38.4 Å². The van der Waals surface area contributed by atoms with Crippen LogP contribution in [0.3, 0.4) is 0 Å². The molecule has 1 N–H and O–H groups in total. The lowest BCUT2D eigenvalue weighted by molar-refractivity contribution is -0.178. The van der Waals surface area contributed by atoms with E-state index in [9.17, 15) is 4.79 Å². The molecule has 0 aromatic heterocycles. The van der Waals surface area contributed by atoms with Crippen LogP contribution >= 0.6 is 0 Å². The van der Waals surface area contributed by atoms with Crippen molar-refractivity contribution >= 4 is 5.97 Å². The topological polar surface area (TPSA) is 47.6 Å². The predicted octanol–water partition coefficient (Wildman–Crippen LogP) is 0.911. The number of carbonyl (C=O) groups is 1. The summed E-state index contributed by atoms with van der Waals surface area (Å²) in [6.07, 6.45) is 2.46. The van der Waals surface area contributed by atoms with Crippen LogP contribution in [0.4, 0.5) is 0 Å². The van der Waals surface area contributed by atoms with Gasteiger partial charge in [-0.05, 0) is 33.7 Å². The van der Waals surface area contributed by atoms with E-state index in [1.807, 2.05) is 27.2 Å². The summed E-state index contributed by atoms with van der Waals surface area (Å²) in [6.45, 7) is 7.01. The molecule has 1 saturated heterocycles. The molecule has 1 fully saturated rings. The molecule has 4 heteroatoms. The van der Waals surface area contributed by atoms with Crippen molar-refractivity contribution < 1.29 is 14.3 Å². The number of rotatable bonds is 2. The molecule has 0 bridgehead atoms. The van der Waals surface area contributed by atoms with Crippen LogP contribution in [0.5, 0.6) is 0 Å². The zero-order valence-corrected chi connectivity index (χ0v) is 9.92. The van der Waals surface area contributed by atoms with Gasteiger partial charge in [0.05, 0.1) is 0 Å². The maximum atomic E-state index is 12.0. The Balaban J connectivity index is 2.68. The first-order valence-electron chi connectivity index (χ1n) is 5.23. The molecule has 1 aliphatic rings. The first kappa shape index (κ1) is 12.5. The second-order valence-electron chi connectivity index (χ2n) is 4.75. The highest BCUT2D eigenvalue weighted by Gasteiger charge is 2.43. The summed E-state index contributed by atoms with van der Waals surface area (Å²) in [5, 5.41) is 3.15. The van der Waals surface area contributed by atoms with Gasteiger partial charge in [0.2, 0.25) is 0 Å². The molecule has 0 spiro atoms. The minimum Gasteiger partial charge on any atom is -0.458 e. The lowest BCUT2D eigenvalue weighted by Crippen LogP contribution is -2.52. The molecule has 0 saturated carbocycles. The summed E-state index contributed by atoms with van der Waals surface area (Å²) in [4.78, 5) is 12.0. The molecule has 15 heavy (non-hydrogen) atoms. The van der Waals surface area contributed by atoms with Crippen LogP contribution in [-0.2, 0) is 14.3 Å². The third kappa shape index (κ3) is 3.18. The summed E-state index contributed by atoms with van der Waals surface area (Å²) in [6, 6.07) is 0. The molecule has 0 aromatic rings. The maximum absolute atomic E-state index is 12.0. The molecule has 87 valence electrons. The molecular formula is C11H20NO3. The summed E-state index contributed by atoms with van der Waals surface area (Å²) >= 11 is 0. The van der Waals surface area contributed by atoms with Gasteiger partial charge in [0, 0.05) is 20.1 Å². The van der Waals surface area contributed by atoms with Crippen molar-refractivity contribution in [2.24, 2.45) is 0 Å². The number of hydrogen-bond acceptors (Lipinski definition) is 4. The SMILES string of the molecule is COC1(C(=O)OC(C)(C)C)[CH]CNCC1. The highest BCUT2D eigenvalue weighted by molar-refractivity contribution is 5.82. The van der Waals surface area contributed by atoms with Crippen LogP contribution in [0, 0.1) is 6.42 Å². The molecule has 1 atom stereocenters. The standard InChI is InChI=1S/C11H20NO3/c1-10(2,3)15-9(13)11(14-4)5-7-12-8-6-11/h5,12H,6-8H2,1-4H3. The van der Waals surface area contributed by atoms with Crippen molar-refractivity contribution in [3.63, 3.8) is 0 Å². The average molecular weight is 214 g/mol. The largest absolute Gasteiger partial charge is 0.458 e. The van der Waals surface area contributed by atoms with E-state index in [1.54, 1.807) is 7.11 Å². The van der Waals surface area contributed by atoms with E-state index in [4.69, 9.17) is 9.47 Å². The zero-order valence-electron chi connectivity index (χ0n) is 9.92. The van der Waals surface area contributed by atoms with Crippen LogP contribution in [0.2, 0.25) is 0 Å². The van der Waals surface area contributed by atoms with Crippen molar-refractivity contribution in [3.8, 4) is 0 Å². The van der Waals surface area contributed by atoms with E-state index in [1.165, 1.54) is 0 Å². The fourth-order valence-corrected chi connectivity index (χ4v) is 1.53. The molecule has 1 heterocycles. The molecule has 1 radical (unpaired) electrons. The molecule has 0 aromatic carbocycles. The molecule has 1 unspecified atom stereocenters. The van der Waals surface area contributed by atoms with Gasteiger partial charge in [0.15, 0.2) is 5.60 Å². The van der Waals surface area contributed by atoms with Crippen LogP contribution < -0.4 is 5.32 Å². The molecule has 1 rings (SSSR count). The third-order valence-electron chi connectivity index (χ3n) is 2.36. The summed E-state index contributed by atoms with van der Waals surface area (Å²) in [5.74, 6) is -0.293. The van der Waals surface area contributed by atoms with Gasteiger partial charge in [-0.2, -0.15) is 0 Å². The Labute approximate surface area is 91.3 Å². The monoisotopic (exact) mass is 214 g/mol. The number of carbonyl (C=O) groups excluding carboxylic acids is 1. The first-order chi connectivity index (χ1) is 6.90. The fourth-order valence-electron chi connectivity index (χ4n) is 1.53. The Kier molecular flexibility index (Phi) is 3.73. The van der Waals surface area contributed by atoms with Gasteiger partial charge in [0.1, 0.15) is 5.60 Å². The van der Waals surface area contributed by atoms with Gasteiger partial charge in [-0.25, -0.2) is 4.79 Å². The Bertz CT molecular complexity index is 226. The Morgan fingerprint density at radius 1 is 1.47 bits per heavy atom. The van der Waals surface area contributed by atoms with Gasteiger partial charge in [-0.1, -0.05) is 0 Å². The number of ether oxygens (including phenoxy) is 2. The van der Waals surface area contributed by atoms with Crippen LogP contribution in [-0.4, -0.2) is 37.4 Å². The second kappa shape index (κ2) is 4.49. The van der Waals surface area contributed by atoms with Gasteiger partial charge in [-0.3, -0.25) is 0 Å². The number of hydrogen-bond donors (Lipinski definition) is 1. The van der Waals surface area contributed by atoms with E-state index >= 15 is 0 Å². The van der Waals surface area contributed by atoms with Crippen LogP contribution in [0.25, 0.3) is 0 Å². The molecule has 0 amide bonds. The van der Waals surface area contributed by atoms with Gasteiger partial charge in [-0.15, -0.1) is 0 Å². The quantitative estimate of drug-likeness (QED) is 0.694.